The fraction of sp³-hybridized carbons (Fsp3) is 0.467. The van der Waals surface area contributed by atoms with Crippen LogP contribution in [0.2, 0.25) is 0 Å². The second kappa shape index (κ2) is 6.19. The Kier molecular flexibility index (Phi) is 4.25. The zero-order valence-corrected chi connectivity index (χ0v) is 13.7. The van der Waals surface area contributed by atoms with E-state index in [1.807, 2.05) is 6.92 Å². The van der Waals surface area contributed by atoms with E-state index in [0.717, 1.165) is 6.42 Å². The number of furan rings is 1. The molecular weight excluding hydrogens is 318 g/mol. The number of aryl methyl sites for hydroxylation is 1. The Hall–Kier alpha value is -2.09. The van der Waals surface area contributed by atoms with Crippen molar-refractivity contribution in [3.8, 4) is 0 Å². The van der Waals surface area contributed by atoms with Crippen molar-refractivity contribution in [1.82, 2.24) is 9.78 Å². The summed E-state index contributed by atoms with van der Waals surface area (Å²) < 4.78 is 30.2. The van der Waals surface area contributed by atoms with Crippen molar-refractivity contribution in [1.29, 1.82) is 0 Å². The standard InChI is InChI=1S/C15H19N3O4S/c1-2-3-13-12(5-8-22-13)15(19)17-14-4-7-16-18(14)11-6-9-23(20,21)10-11/h4-5,7-8,11H,2-3,6,9-10H2,1H3,(H,17,19). The molecule has 1 unspecified atom stereocenters. The number of carbonyl (C=O) groups is 1. The highest BCUT2D eigenvalue weighted by atomic mass is 32.2. The molecule has 1 atom stereocenters. The van der Waals surface area contributed by atoms with Gasteiger partial charge in [0.25, 0.3) is 5.91 Å². The lowest BCUT2D eigenvalue weighted by molar-refractivity contribution is 0.102. The van der Waals surface area contributed by atoms with Crippen LogP contribution in [0.3, 0.4) is 0 Å². The highest BCUT2D eigenvalue weighted by Gasteiger charge is 2.31. The molecule has 0 aromatic carbocycles. The van der Waals surface area contributed by atoms with Crippen molar-refractivity contribution in [2.24, 2.45) is 0 Å². The van der Waals surface area contributed by atoms with Crippen molar-refractivity contribution >= 4 is 21.6 Å². The van der Waals surface area contributed by atoms with Crippen molar-refractivity contribution in [2.75, 3.05) is 16.8 Å². The molecule has 124 valence electrons. The maximum Gasteiger partial charge on any atom is 0.260 e. The zero-order chi connectivity index (χ0) is 16.4. The normalized spacial score (nSPS) is 19.8. The van der Waals surface area contributed by atoms with Crippen molar-refractivity contribution < 1.29 is 17.6 Å². The topological polar surface area (TPSA) is 94.2 Å². The van der Waals surface area contributed by atoms with E-state index >= 15 is 0 Å². The minimum Gasteiger partial charge on any atom is -0.469 e. The second-order valence-corrected chi connectivity index (χ2v) is 7.91. The van der Waals surface area contributed by atoms with E-state index < -0.39 is 9.84 Å². The van der Waals surface area contributed by atoms with Crippen LogP contribution in [0, 0.1) is 0 Å². The molecule has 0 spiro atoms. The molecule has 0 aliphatic carbocycles. The third kappa shape index (κ3) is 3.31. The van der Waals surface area contributed by atoms with Gasteiger partial charge in [-0.15, -0.1) is 0 Å². The van der Waals surface area contributed by atoms with Gasteiger partial charge in [-0.05, 0) is 18.9 Å². The van der Waals surface area contributed by atoms with Gasteiger partial charge in [-0.2, -0.15) is 5.10 Å². The van der Waals surface area contributed by atoms with Gasteiger partial charge in [0, 0.05) is 12.5 Å². The molecule has 0 radical (unpaired) electrons. The minimum absolute atomic E-state index is 0.0599. The lowest BCUT2D eigenvalue weighted by Gasteiger charge is -2.13. The van der Waals surface area contributed by atoms with Gasteiger partial charge in [0.05, 0.1) is 35.6 Å². The molecule has 0 saturated carbocycles. The summed E-state index contributed by atoms with van der Waals surface area (Å²) in [5.74, 6) is 1.10. The Morgan fingerprint density at radius 3 is 3.00 bits per heavy atom. The first-order valence-electron chi connectivity index (χ1n) is 7.62. The van der Waals surface area contributed by atoms with E-state index in [-0.39, 0.29) is 23.5 Å². The number of nitrogens with one attached hydrogen (secondary N) is 1. The number of hydrogen-bond acceptors (Lipinski definition) is 5. The molecule has 23 heavy (non-hydrogen) atoms. The Bertz CT molecular complexity index is 806. The van der Waals surface area contributed by atoms with Gasteiger partial charge in [0.2, 0.25) is 0 Å². The van der Waals surface area contributed by atoms with E-state index in [2.05, 4.69) is 10.4 Å². The van der Waals surface area contributed by atoms with E-state index in [1.165, 1.54) is 6.26 Å². The predicted octanol–water partition coefficient (Wildman–Crippen LogP) is 2.04. The quantitative estimate of drug-likeness (QED) is 0.901. The zero-order valence-electron chi connectivity index (χ0n) is 12.9. The second-order valence-electron chi connectivity index (χ2n) is 5.68. The number of rotatable bonds is 5. The molecule has 3 heterocycles. The Morgan fingerprint density at radius 1 is 1.48 bits per heavy atom. The van der Waals surface area contributed by atoms with Crippen LogP contribution in [0.4, 0.5) is 5.82 Å². The van der Waals surface area contributed by atoms with Crippen LogP contribution in [-0.2, 0) is 16.3 Å². The lowest BCUT2D eigenvalue weighted by atomic mass is 10.1. The van der Waals surface area contributed by atoms with Gasteiger partial charge in [0.1, 0.15) is 11.6 Å². The van der Waals surface area contributed by atoms with E-state index in [1.54, 1.807) is 23.0 Å². The summed E-state index contributed by atoms with van der Waals surface area (Å²) in [7, 11) is -3.01. The van der Waals surface area contributed by atoms with Crippen LogP contribution in [0.25, 0.3) is 0 Å². The van der Waals surface area contributed by atoms with Gasteiger partial charge in [-0.3, -0.25) is 4.79 Å². The largest absolute Gasteiger partial charge is 0.469 e. The molecule has 8 heteroatoms. The van der Waals surface area contributed by atoms with Crippen LogP contribution >= 0.6 is 0 Å². The van der Waals surface area contributed by atoms with E-state index in [0.29, 0.717) is 30.0 Å². The number of carbonyl (C=O) groups excluding carboxylic acids is 1. The summed E-state index contributed by atoms with van der Waals surface area (Å²) in [5, 5.41) is 6.97. The first kappa shape index (κ1) is 15.8. The fourth-order valence-electron chi connectivity index (χ4n) is 2.82. The number of nitrogens with zero attached hydrogens (tertiary/aromatic N) is 2. The molecule has 0 bridgehead atoms. The van der Waals surface area contributed by atoms with E-state index in [4.69, 9.17) is 4.42 Å². The summed E-state index contributed by atoms with van der Waals surface area (Å²) in [5.41, 5.74) is 0.499. The van der Waals surface area contributed by atoms with Gasteiger partial charge in [0.15, 0.2) is 9.84 Å². The minimum atomic E-state index is -3.01. The third-order valence-electron chi connectivity index (χ3n) is 3.93. The number of aromatic nitrogens is 2. The highest BCUT2D eigenvalue weighted by molar-refractivity contribution is 7.91. The molecule has 1 aliphatic rings. The molecule has 1 amide bonds. The number of hydrogen-bond donors (Lipinski definition) is 1. The average molecular weight is 337 g/mol. The molecule has 7 nitrogen and oxygen atoms in total. The van der Waals surface area contributed by atoms with E-state index in [9.17, 15) is 13.2 Å². The molecule has 1 N–H and O–H groups in total. The lowest BCUT2D eigenvalue weighted by Crippen LogP contribution is -2.20. The average Bonchev–Trinajstić information content (AvgIpc) is 3.19. The molecular formula is C15H19N3O4S. The van der Waals surface area contributed by atoms with Gasteiger partial charge < -0.3 is 9.73 Å². The first-order chi connectivity index (χ1) is 11.0. The van der Waals surface area contributed by atoms with Gasteiger partial charge in [-0.25, -0.2) is 13.1 Å². The Balaban J connectivity index is 1.78. The van der Waals surface area contributed by atoms with Crippen LogP contribution < -0.4 is 5.32 Å². The van der Waals surface area contributed by atoms with Crippen molar-refractivity contribution in [2.45, 2.75) is 32.2 Å². The number of amides is 1. The highest BCUT2D eigenvalue weighted by Crippen LogP contribution is 2.26. The maximum atomic E-state index is 12.4. The molecule has 2 aromatic heterocycles. The predicted molar refractivity (Wildman–Crippen MR) is 85.2 cm³/mol. The van der Waals surface area contributed by atoms with Crippen molar-refractivity contribution in [3.05, 3.63) is 35.9 Å². The fourth-order valence-corrected chi connectivity index (χ4v) is 4.51. The summed E-state index contributed by atoms with van der Waals surface area (Å²) in [6, 6.07) is 3.08. The van der Waals surface area contributed by atoms with Crippen LogP contribution in [0.5, 0.6) is 0 Å². The van der Waals surface area contributed by atoms with Crippen molar-refractivity contribution in [3.63, 3.8) is 0 Å². The summed E-state index contributed by atoms with van der Waals surface area (Å²) in [6.07, 6.45) is 5.14. The third-order valence-corrected chi connectivity index (χ3v) is 5.68. The summed E-state index contributed by atoms with van der Waals surface area (Å²) >= 11 is 0. The smallest absolute Gasteiger partial charge is 0.260 e. The summed E-state index contributed by atoms with van der Waals surface area (Å²) in [4.78, 5) is 12.4. The molecule has 2 aromatic rings. The molecule has 1 saturated heterocycles. The Morgan fingerprint density at radius 2 is 2.30 bits per heavy atom. The SMILES string of the molecule is CCCc1occc1C(=O)Nc1ccnn1C1CCS(=O)(=O)C1. The molecule has 1 aliphatic heterocycles. The van der Waals surface area contributed by atoms with Crippen LogP contribution in [0.15, 0.2) is 29.0 Å². The summed E-state index contributed by atoms with van der Waals surface area (Å²) in [6.45, 7) is 2.01. The Labute approximate surface area is 134 Å². The maximum absolute atomic E-state index is 12.4. The molecule has 1 fully saturated rings. The molecule has 3 rings (SSSR count). The first-order valence-corrected chi connectivity index (χ1v) is 9.44. The van der Waals surface area contributed by atoms with Gasteiger partial charge >= 0.3 is 0 Å². The number of sulfone groups is 1. The van der Waals surface area contributed by atoms with Crippen LogP contribution in [-0.4, -0.2) is 35.6 Å². The monoisotopic (exact) mass is 337 g/mol. The van der Waals surface area contributed by atoms with Gasteiger partial charge in [-0.1, -0.05) is 6.92 Å². The van der Waals surface area contributed by atoms with Crippen LogP contribution in [0.1, 0.15) is 41.9 Å². The number of anilines is 1.